The minimum Gasteiger partial charge on any atom is -0.166 e. The molecule has 0 aliphatic heterocycles. The molecule has 1 saturated carbocycles. The minimum absolute atomic E-state index is 0.0483. The Kier molecular flexibility index (Phi) is 2.63. The van der Waals surface area contributed by atoms with E-state index in [1.54, 1.807) is 0 Å². The standard InChI is InChI=1S/C11H7F6/c12-10(13,14)8-3-7(6-1-2-6)4-9(5-8)11(15,16)17/h3-5H,1-2H2. The summed E-state index contributed by atoms with van der Waals surface area (Å²) in [6.45, 7) is 0. The van der Waals surface area contributed by atoms with Crippen molar-refractivity contribution in [2.24, 2.45) is 0 Å². The van der Waals surface area contributed by atoms with E-state index in [9.17, 15) is 26.3 Å². The van der Waals surface area contributed by atoms with E-state index in [0.29, 0.717) is 18.8 Å². The second kappa shape index (κ2) is 3.65. The summed E-state index contributed by atoms with van der Waals surface area (Å²) in [5.74, 6) is 0.640. The minimum atomic E-state index is -4.76. The predicted octanol–water partition coefficient (Wildman–Crippen LogP) is 4.44. The fourth-order valence-electron chi connectivity index (χ4n) is 1.51. The number of halogens is 6. The molecule has 0 amide bonds. The summed E-state index contributed by atoms with van der Waals surface area (Å²) in [4.78, 5) is 0. The zero-order valence-corrected chi connectivity index (χ0v) is 8.41. The molecule has 93 valence electrons. The summed E-state index contributed by atoms with van der Waals surface area (Å²) < 4.78 is 74.7. The van der Waals surface area contributed by atoms with Crippen LogP contribution in [0.25, 0.3) is 0 Å². The van der Waals surface area contributed by atoms with Crippen LogP contribution in [0.3, 0.4) is 0 Å². The highest BCUT2D eigenvalue weighted by Gasteiger charge is 2.38. The molecule has 0 aromatic heterocycles. The topological polar surface area (TPSA) is 0 Å². The van der Waals surface area contributed by atoms with Crippen molar-refractivity contribution in [1.82, 2.24) is 0 Å². The first-order valence-corrected chi connectivity index (χ1v) is 4.82. The largest absolute Gasteiger partial charge is 0.416 e. The molecular weight excluding hydrogens is 246 g/mol. The fourth-order valence-corrected chi connectivity index (χ4v) is 1.51. The van der Waals surface area contributed by atoms with E-state index in [4.69, 9.17) is 0 Å². The highest BCUT2D eigenvalue weighted by Crippen LogP contribution is 2.43. The molecule has 0 bridgehead atoms. The van der Waals surface area contributed by atoms with Gasteiger partial charge in [-0.25, -0.2) is 0 Å². The van der Waals surface area contributed by atoms with E-state index < -0.39 is 23.5 Å². The van der Waals surface area contributed by atoms with Gasteiger partial charge in [-0.05, 0) is 36.6 Å². The fraction of sp³-hybridized carbons (Fsp3) is 0.364. The van der Waals surface area contributed by atoms with Gasteiger partial charge in [-0.15, -0.1) is 0 Å². The summed E-state index contributed by atoms with van der Waals surface area (Å²) in [6.07, 6.45) is -8.38. The van der Waals surface area contributed by atoms with Crippen LogP contribution in [0.4, 0.5) is 26.3 Å². The van der Waals surface area contributed by atoms with Crippen LogP contribution in [-0.4, -0.2) is 0 Å². The van der Waals surface area contributed by atoms with Crippen molar-refractivity contribution in [3.63, 3.8) is 0 Å². The van der Waals surface area contributed by atoms with Gasteiger partial charge in [0.25, 0.3) is 0 Å². The maximum absolute atomic E-state index is 12.4. The molecule has 1 aromatic carbocycles. The molecule has 0 N–H and O–H groups in total. The molecule has 1 aromatic rings. The SMILES string of the molecule is FC(F)(F)c1cc([C]2CC2)cc(C(F)(F)F)c1. The number of benzene rings is 1. The average molecular weight is 253 g/mol. The van der Waals surface area contributed by atoms with Crippen molar-refractivity contribution >= 4 is 0 Å². The van der Waals surface area contributed by atoms with Crippen molar-refractivity contribution in [2.75, 3.05) is 0 Å². The van der Waals surface area contributed by atoms with Crippen LogP contribution in [0.15, 0.2) is 18.2 Å². The van der Waals surface area contributed by atoms with E-state index in [0.717, 1.165) is 12.1 Å². The van der Waals surface area contributed by atoms with Gasteiger partial charge in [-0.3, -0.25) is 0 Å². The summed E-state index contributed by atoms with van der Waals surface area (Å²) in [5.41, 5.74) is -2.45. The Bertz CT molecular complexity index is 392. The Morgan fingerprint density at radius 3 is 1.41 bits per heavy atom. The van der Waals surface area contributed by atoms with Crippen molar-refractivity contribution in [2.45, 2.75) is 25.2 Å². The molecular formula is C11H7F6. The monoisotopic (exact) mass is 253 g/mol. The molecule has 0 spiro atoms. The highest BCUT2D eigenvalue weighted by molar-refractivity contribution is 5.44. The molecule has 0 unspecified atom stereocenters. The van der Waals surface area contributed by atoms with Crippen molar-refractivity contribution in [1.29, 1.82) is 0 Å². The second-order valence-corrected chi connectivity index (χ2v) is 3.90. The number of rotatable bonds is 1. The normalized spacial score (nSPS) is 17.3. The Labute approximate surface area is 93.2 Å². The molecule has 0 heterocycles. The third-order valence-corrected chi connectivity index (χ3v) is 2.50. The smallest absolute Gasteiger partial charge is 0.166 e. The third kappa shape index (κ3) is 2.73. The lowest BCUT2D eigenvalue weighted by Gasteiger charge is -2.13. The van der Waals surface area contributed by atoms with Gasteiger partial charge in [-0.2, -0.15) is 26.3 Å². The van der Waals surface area contributed by atoms with Gasteiger partial charge >= 0.3 is 12.4 Å². The summed E-state index contributed by atoms with van der Waals surface area (Å²) in [6, 6.07) is 1.70. The molecule has 2 rings (SSSR count). The Morgan fingerprint density at radius 2 is 1.12 bits per heavy atom. The van der Waals surface area contributed by atoms with Gasteiger partial charge < -0.3 is 0 Å². The maximum atomic E-state index is 12.4. The van der Waals surface area contributed by atoms with Crippen molar-refractivity contribution in [3.8, 4) is 0 Å². The Balaban J connectivity index is 2.50. The van der Waals surface area contributed by atoms with Crippen LogP contribution in [0.2, 0.25) is 0 Å². The first-order valence-electron chi connectivity index (χ1n) is 4.82. The maximum Gasteiger partial charge on any atom is 0.416 e. The quantitative estimate of drug-likeness (QED) is 0.649. The van der Waals surface area contributed by atoms with E-state index in [1.165, 1.54) is 0 Å². The predicted molar refractivity (Wildman–Crippen MR) is 48.0 cm³/mol. The molecule has 1 fully saturated rings. The summed E-state index contributed by atoms with van der Waals surface area (Å²) in [5, 5.41) is 0. The number of alkyl halides is 6. The third-order valence-electron chi connectivity index (χ3n) is 2.50. The molecule has 0 nitrogen and oxygen atoms in total. The van der Waals surface area contributed by atoms with Gasteiger partial charge in [0, 0.05) is 5.92 Å². The van der Waals surface area contributed by atoms with Crippen LogP contribution >= 0.6 is 0 Å². The number of hydrogen-bond donors (Lipinski definition) is 0. The molecule has 0 saturated heterocycles. The second-order valence-electron chi connectivity index (χ2n) is 3.90. The molecule has 1 aliphatic carbocycles. The van der Waals surface area contributed by atoms with Crippen molar-refractivity contribution in [3.05, 3.63) is 40.8 Å². The van der Waals surface area contributed by atoms with Gasteiger partial charge in [0.1, 0.15) is 0 Å². The van der Waals surface area contributed by atoms with Gasteiger partial charge in [0.2, 0.25) is 0 Å². The zero-order chi connectivity index (χ0) is 12.8. The summed E-state index contributed by atoms with van der Waals surface area (Å²) >= 11 is 0. The summed E-state index contributed by atoms with van der Waals surface area (Å²) in [7, 11) is 0. The zero-order valence-electron chi connectivity index (χ0n) is 8.41. The van der Waals surface area contributed by atoms with Gasteiger partial charge in [0.05, 0.1) is 11.1 Å². The van der Waals surface area contributed by atoms with E-state index in [-0.39, 0.29) is 11.6 Å². The lowest BCUT2D eigenvalue weighted by Crippen LogP contribution is -2.11. The Hall–Kier alpha value is -1.20. The van der Waals surface area contributed by atoms with E-state index >= 15 is 0 Å². The first kappa shape index (κ1) is 12.3. The number of hydrogen-bond acceptors (Lipinski definition) is 0. The molecule has 17 heavy (non-hydrogen) atoms. The van der Waals surface area contributed by atoms with Crippen LogP contribution in [0.5, 0.6) is 0 Å². The average Bonchev–Trinajstić information content (AvgIpc) is 2.97. The van der Waals surface area contributed by atoms with E-state index in [1.807, 2.05) is 0 Å². The van der Waals surface area contributed by atoms with Crippen LogP contribution in [-0.2, 0) is 12.4 Å². The molecule has 6 heteroatoms. The molecule has 1 aliphatic rings. The van der Waals surface area contributed by atoms with Gasteiger partial charge in [0.15, 0.2) is 0 Å². The van der Waals surface area contributed by atoms with Gasteiger partial charge in [-0.1, -0.05) is 0 Å². The van der Waals surface area contributed by atoms with Crippen molar-refractivity contribution < 1.29 is 26.3 Å². The van der Waals surface area contributed by atoms with Crippen LogP contribution < -0.4 is 0 Å². The lowest BCUT2D eigenvalue weighted by atomic mass is 10.0. The Morgan fingerprint density at radius 1 is 0.706 bits per heavy atom. The van der Waals surface area contributed by atoms with Crippen LogP contribution in [0.1, 0.15) is 29.5 Å². The molecule has 0 atom stereocenters. The first-order chi connectivity index (χ1) is 7.68. The van der Waals surface area contributed by atoms with Crippen LogP contribution in [0, 0.1) is 5.92 Å². The highest BCUT2D eigenvalue weighted by atomic mass is 19.4. The lowest BCUT2D eigenvalue weighted by molar-refractivity contribution is -0.143. The molecule has 1 radical (unpaired) electrons. The van der Waals surface area contributed by atoms with E-state index in [2.05, 4.69) is 0 Å².